The van der Waals surface area contributed by atoms with E-state index in [2.05, 4.69) is 45.1 Å². The minimum atomic E-state index is 0.326. The molecule has 0 aromatic carbocycles. The van der Waals surface area contributed by atoms with Gasteiger partial charge in [-0.15, -0.1) is 0 Å². The maximum Gasteiger partial charge on any atom is 0.0431 e. The number of aliphatic hydroxyl groups is 1. The van der Waals surface area contributed by atoms with Crippen molar-refractivity contribution in [2.75, 3.05) is 33.8 Å². The number of nitrogens with one attached hydrogen (secondary N) is 1. The molecular weight excluding hydrogens is 212 g/mol. The van der Waals surface area contributed by atoms with E-state index in [0.29, 0.717) is 18.1 Å². The van der Waals surface area contributed by atoms with Crippen LogP contribution in [-0.4, -0.2) is 49.8 Å². The molecule has 0 aromatic rings. The largest absolute Gasteiger partial charge is 0.396 e. The molecule has 3 nitrogen and oxygen atoms in total. The lowest BCUT2D eigenvalue weighted by Gasteiger charge is -2.32. The summed E-state index contributed by atoms with van der Waals surface area (Å²) in [5, 5.41) is 12.1. The average molecular weight is 244 g/mol. The second kappa shape index (κ2) is 8.90. The van der Waals surface area contributed by atoms with Gasteiger partial charge in [-0.05, 0) is 58.3 Å². The van der Waals surface area contributed by atoms with Crippen LogP contribution in [0.4, 0.5) is 0 Å². The number of unbranched alkanes of at least 4 members (excludes halogenated alkanes) is 2. The Hall–Kier alpha value is -0.120. The maximum absolute atomic E-state index is 8.71. The molecule has 2 N–H and O–H groups in total. The monoisotopic (exact) mass is 244 g/mol. The first kappa shape index (κ1) is 16.9. The van der Waals surface area contributed by atoms with E-state index >= 15 is 0 Å². The first-order valence-electron chi connectivity index (χ1n) is 6.88. The standard InChI is InChI=1S/C14H32N2O/c1-14(2,3)13(15-4)9-11-16(5)10-7-6-8-12-17/h13,15,17H,6-12H2,1-5H3. The molecule has 17 heavy (non-hydrogen) atoms. The van der Waals surface area contributed by atoms with E-state index in [9.17, 15) is 0 Å². The van der Waals surface area contributed by atoms with Crippen molar-refractivity contribution in [3.63, 3.8) is 0 Å². The Bertz CT molecular complexity index is 178. The third-order valence-corrected chi connectivity index (χ3v) is 3.39. The van der Waals surface area contributed by atoms with Gasteiger partial charge >= 0.3 is 0 Å². The van der Waals surface area contributed by atoms with Crippen molar-refractivity contribution in [3.05, 3.63) is 0 Å². The third-order valence-electron chi connectivity index (χ3n) is 3.39. The van der Waals surface area contributed by atoms with Crippen LogP contribution in [-0.2, 0) is 0 Å². The molecule has 0 spiro atoms. The van der Waals surface area contributed by atoms with Gasteiger partial charge in [0.15, 0.2) is 0 Å². The number of nitrogens with zero attached hydrogens (tertiary/aromatic N) is 1. The topological polar surface area (TPSA) is 35.5 Å². The SMILES string of the molecule is CNC(CCN(C)CCCCCO)C(C)(C)C. The van der Waals surface area contributed by atoms with Crippen LogP contribution in [0.25, 0.3) is 0 Å². The summed E-state index contributed by atoms with van der Waals surface area (Å²) in [6, 6.07) is 0.572. The molecule has 0 bridgehead atoms. The summed E-state index contributed by atoms with van der Waals surface area (Å²) in [5.74, 6) is 0. The van der Waals surface area contributed by atoms with Crippen LogP contribution in [0.3, 0.4) is 0 Å². The second-order valence-corrected chi connectivity index (χ2v) is 6.08. The van der Waals surface area contributed by atoms with Crippen molar-refractivity contribution >= 4 is 0 Å². The second-order valence-electron chi connectivity index (χ2n) is 6.08. The van der Waals surface area contributed by atoms with Gasteiger partial charge in [0, 0.05) is 12.6 Å². The van der Waals surface area contributed by atoms with E-state index in [1.54, 1.807) is 0 Å². The van der Waals surface area contributed by atoms with Crippen LogP contribution >= 0.6 is 0 Å². The van der Waals surface area contributed by atoms with Gasteiger partial charge in [-0.3, -0.25) is 0 Å². The number of rotatable bonds is 9. The summed E-state index contributed by atoms with van der Waals surface area (Å²) in [6.45, 7) is 9.47. The molecule has 0 saturated heterocycles. The highest BCUT2D eigenvalue weighted by molar-refractivity contribution is 4.79. The molecule has 0 saturated carbocycles. The van der Waals surface area contributed by atoms with Gasteiger partial charge in [0.05, 0.1) is 0 Å². The molecular formula is C14H32N2O. The summed E-state index contributed by atoms with van der Waals surface area (Å²) in [4.78, 5) is 2.40. The molecule has 104 valence electrons. The Labute approximate surface area is 108 Å². The van der Waals surface area contributed by atoms with Gasteiger partial charge in [0.25, 0.3) is 0 Å². The van der Waals surface area contributed by atoms with Gasteiger partial charge in [-0.1, -0.05) is 20.8 Å². The van der Waals surface area contributed by atoms with Gasteiger partial charge in [-0.25, -0.2) is 0 Å². The lowest BCUT2D eigenvalue weighted by molar-refractivity contribution is 0.226. The molecule has 1 atom stereocenters. The summed E-state index contributed by atoms with van der Waals surface area (Å²) in [5.41, 5.74) is 0.326. The molecule has 1 unspecified atom stereocenters. The Morgan fingerprint density at radius 1 is 1.12 bits per heavy atom. The minimum Gasteiger partial charge on any atom is -0.396 e. The van der Waals surface area contributed by atoms with Crippen molar-refractivity contribution in [2.45, 2.75) is 52.5 Å². The van der Waals surface area contributed by atoms with E-state index in [1.807, 2.05) is 0 Å². The number of hydrogen-bond donors (Lipinski definition) is 2. The van der Waals surface area contributed by atoms with E-state index in [1.165, 1.54) is 12.8 Å². The Morgan fingerprint density at radius 3 is 2.24 bits per heavy atom. The molecule has 0 aliphatic carbocycles. The zero-order chi connectivity index (χ0) is 13.3. The van der Waals surface area contributed by atoms with Crippen molar-refractivity contribution in [3.8, 4) is 0 Å². The molecule has 0 rings (SSSR count). The van der Waals surface area contributed by atoms with Crippen LogP contribution in [0, 0.1) is 5.41 Å². The quantitative estimate of drug-likeness (QED) is 0.610. The molecule has 0 aliphatic rings. The minimum absolute atomic E-state index is 0.326. The Kier molecular flexibility index (Phi) is 8.83. The van der Waals surface area contributed by atoms with Crippen LogP contribution in [0.15, 0.2) is 0 Å². The van der Waals surface area contributed by atoms with Crippen molar-refractivity contribution in [1.29, 1.82) is 0 Å². The van der Waals surface area contributed by atoms with Gasteiger partial charge in [0.2, 0.25) is 0 Å². The van der Waals surface area contributed by atoms with E-state index in [0.717, 1.165) is 25.9 Å². The lowest BCUT2D eigenvalue weighted by atomic mass is 9.85. The highest BCUT2D eigenvalue weighted by Crippen LogP contribution is 2.21. The Balaban J connectivity index is 3.70. The average Bonchev–Trinajstić information content (AvgIpc) is 2.23. The van der Waals surface area contributed by atoms with E-state index in [4.69, 9.17) is 5.11 Å². The predicted octanol–water partition coefficient (Wildman–Crippen LogP) is 2.10. The van der Waals surface area contributed by atoms with Crippen molar-refractivity contribution in [2.24, 2.45) is 5.41 Å². The van der Waals surface area contributed by atoms with Crippen molar-refractivity contribution in [1.82, 2.24) is 10.2 Å². The zero-order valence-electron chi connectivity index (χ0n) is 12.4. The normalized spacial score (nSPS) is 14.3. The molecule has 0 heterocycles. The fraction of sp³-hybridized carbons (Fsp3) is 1.00. The van der Waals surface area contributed by atoms with Gasteiger partial charge < -0.3 is 15.3 Å². The maximum atomic E-state index is 8.71. The molecule has 0 amide bonds. The first-order chi connectivity index (χ1) is 7.91. The molecule has 0 aliphatic heterocycles. The van der Waals surface area contributed by atoms with Gasteiger partial charge in [-0.2, -0.15) is 0 Å². The molecule has 0 aromatic heterocycles. The number of hydrogen-bond acceptors (Lipinski definition) is 3. The van der Waals surface area contributed by atoms with E-state index < -0.39 is 0 Å². The highest BCUT2D eigenvalue weighted by atomic mass is 16.2. The fourth-order valence-corrected chi connectivity index (χ4v) is 2.14. The van der Waals surface area contributed by atoms with Crippen LogP contribution < -0.4 is 5.32 Å². The summed E-state index contributed by atoms with van der Waals surface area (Å²) < 4.78 is 0. The third kappa shape index (κ3) is 8.58. The van der Waals surface area contributed by atoms with Gasteiger partial charge in [0.1, 0.15) is 0 Å². The number of aliphatic hydroxyl groups excluding tert-OH is 1. The zero-order valence-corrected chi connectivity index (χ0v) is 12.4. The predicted molar refractivity (Wildman–Crippen MR) is 75.4 cm³/mol. The highest BCUT2D eigenvalue weighted by Gasteiger charge is 2.22. The van der Waals surface area contributed by atoms with Crippen LogP contribution in [0.5, 0.6) is 0 Å². The molecule has 0 fully saturated rings. The summed E-state index contributed by atoms with van der Waals surface area (Å²) in [7, 11) is 4.24. The smallest absolute Gasteiger partial charge is 0.0431 e. The molecule has 0 radical (unpaired) electrons. The van der Waals surface area contributed by atoms with Crippen molar-refractivity contribution < 1.29 is 5.11 Å². The first-order valence-corrected chi connectivity index (χ1v) is 6.88. The molecule has 3 heteroatoms. The lowest BCUT2D eigenvalue weighted by Crippen LogP contribution is -2.40. The summed E-state index contributed by atoms with van der Waals surface area (Å²) in [6.07, 6.45) is 4.46. The van der Waals surface area contributed by atoms with Crippen LogP contribution in [0.1, 0.15) is 46.5 Å². The summed E-state index contributed by atoms with van der Waals surface area (Å²) >= 11 is 0. The Morgan fingerprint density at radius 2 is 1.76 bits per heavy atom. The fourth-order valence-electron chi connectivity index (χ4n) is 2.14. The van der Waals surface area contributed by atoms with E-state index in [-0.39, 0.29) is 0 Å². The van der Waals surface area contributed by atoms with Crippen LogP contribution in [0.2, 0.25) is 0 Å².